The molecule has 5 nitrogen and oxygen atoms in total. The lowest BCUT2D eigenvalue weighted by molar-refractivity contribution is -0.240. The van der Waals surface area contributed by atoms with Crippen LogP contribution in [0.4, 0.5) is 0 Å². The van der Waals surface area contributed by atoms with Gasteiger partial charge in [-0.15, -0.1) is 0 Å². The highest BCUT2D eigenvalue weighted by atomic mass is 16.7. The van der Waals surface area contributed by atoms with Crippen LogP contribution >= 0.6 is 0 Å². The molecular weight excluding hydrogens is 210 g/mol. The minimum absolute atomic E-state index is 0.204. The Bertz CT molecular complexity index is 278. The van der Waals surface area contributed by atoms with Crippen molar-refractivity contribution in [2.75, 3.05) is 0 Å². The highest BCUT2D eigenvalue weighted by Gasteiger charge is 2.43. The molecule has 1 heterocycles. The third-order valence-electron chi connectivity index (χ3n) is 2.63. The Morgan fingerprint density at radius 1 is 1.25 bits per heavy atom. The SMILES string of the molecule is CC(C)[C@H](N)CC1C(=O)OC(C)(C)OC1=O. The fraction of sp³-hybridized carbons (Fsp3) is 0.818. The monoisotopic (exact) mass is 229 g/mol. The van der Waals surface area contributed by atoms with Crippen LogP contribution in [-0.4, -0.2) is 23.8 Å². The van der Waals surface area contributed by atoms with Gasteiger partial charge in [0.2, 0.25) is 0 Å². The molecule has 1 aliphatic heterocycles. The molecule has 0 saturated carbocycles. The number of esters is 2. The Balaban J connectivity index is 2.68. The highest BCUT2D eigenvalue weighted by molar-refractivity contribution is 5.96. The molecule has 0 amide bonds. The smallest absolute Gasteiger partial charge is 0.323 e. The summed E-state index contributed by atoms with van der Waals surface area (Å²) >= 11 is 0. The Morgan fingerprint density at radius 2 is 1.69 bits per heavy atom. The Hall–Kier alpha value is -1.10. The van der Waals surface area contributed by atoms with Crippen LogP contribution in [0.5, 0.6) is 0 Å². The predicted molar refractivity (Wildman–Crippen MR) is 57.2 cm³/mol. The van der Waals surface area contributed by atoms with E-state index in [2.05, 4.69) is 0 Å². The summed E-state index contributed by atoms with van der Waals surface area (Å²) < 4.78 is 10.00. The number of carbonyl (C=O) groups excluding carboxylic acids is 2. The maximum Gasteiger partial charge on any atom is 0.323 e. The third kappa shape index (κ3) is 2.95. The molecule has 0 aromatic heterocycles. The van der Waals surface area contributed by atoms with Gasteiger partial charge >= 0.3 is 11.9 Å². The Morgan fingerprint density at radius 3 is 2.06 bits per heavy atom. The van der Waals surface area contributed by atoms with E-state index in [1.807, 2.05) is 13.8 Å². The standard InChI is InChI=1S/C11H19NO4/c1-6(2)8(12)5-7-9(13)15-11(3,4)16-10(7)14/h6-8H,5,12H2,1-4H3/t8-/m1/s1. The lowest BCUT2D eigenvalue weighted by Crippen LogP contribution is -2.48. The van der Waals surface area contributed by atoms with Gasteiger partial charge in [0.05, 0.1) is 0 Å². The molecule has 0 aromatic rings. The number of cyclic esters (lactones) is 2. The number of nitrogens with two attached hydrogens (primary N) is 1. The van der Waals surface area contributed by atoms with Crippen LogP contribution in [0.2, 0.25) is 0 Å². The van der Waals surface area contributed by atoms with Crippen molar-refractivity contribution in [3.63, 3.8) is 0 Å². The molecular formula is C11H19NO4. The van der Waals surface area contributed by atoms with Crippen molar-refractivity contribution >= 4 is 11.9 Å². The summed E-state index contributed by atoms with van der Waals surface area (Å²) in [6, 6.07) is -0.216. The van der Waals surface area contributed by atoms with Gasteiger partial charge in [-0.05, 0) is 12.3 Å². The number of hydrogen-bond donors (Lipinski definition) is 1. The summed E-state index contributed by atoms with van der Waals surface area (Å²) in [6.45, 7) is 6.94. The van der Waals surface area contributed by atoms with Gasteiger partial charge in [-0.3, -0.25) is 9.59 Å². The maximum absolute atomic E-state index is 11.6. The van der Waals surface area contributed by atoms with Crippen LogP contribution in [0.15, 0.2) is 0 Å². The maximum atomic E-state index is 11.6. The average molecular weight is 229 g/mol. The topological polar surface area (TPSA) is 78.6 Å². The van der Waals surface area contributed by atoms with Crippen molar-refractivity contribution in [1.29, 1.82) is 0 Å². The van der Waals surface area contributed by atoms with Gasteiger partial charge in [-0.25, -0.2) is 0 Å². The van der Waals surface area contributed by atoms with Crippen molar-refractivity contribution in [3.05, 3.63) is 0 Å². The summed E-state index contributed by atoms with van der Waals surface area (Å²) in [6.07, 6.45) is 0.269. The number of ether oxygens (including phenoxy) is 2. The first-order valence-corrected chi connectivity index (χ1v) is 5.44. The predicted octanol–water partition coefficient (Wildman–Crippen LogP) is 0.812. The second-order valence-electron chi connectivity index (χ2n) is 4.94. The lowest BCUT2D eigenvalue weighted by atomic mass is 9.92. The quantitative estimate of drug-likeness (QED) is 0.572. The molecule has 1 atom stereocenters. The Kier molecular flexibility index (Phi) is 3.57. The summed E-state index contributed by atoms with van der Waals surface area (Å²) in [5.41, 5.74) is 5.82. The van der Waals surface area contributed by atoms with Crippen LogP contribution in [-0.2, 0) is 19.1 Å². The van der Waals surface area contributed by atoms with E-state index in [4.69, 9.17) is 15.2 Å². The van der Waals surface area contributed by atoms with E-state index < -0.39 is 23.6 Å². The Labute approximate surface area is 95.3 Å². The number of hydrogen-bond acceptors (Lipinski definition) is 5. The van der Waals surface area contributed by atoms with Crippen LogP contribution in [0, 0.1) is 11.8 Å². The van der Waals surface area contributed by atoms with Crippen LogP contribution in [0.25, 0.3) is 0 Å². The third-order valence-corrected chi connectivity index (χ3v) is 2.63. The van der Waals surface area contributed by atoms with Crippen molar-refractivity contribution in [3.8, 4) is 0 Å². The fourth-order valence-corrected chi connectivity index (χ4v) is 1.48. The van der Waals surface area contributed by atoms with Crippen molar-refractivity contribution in [1.82, 2.24) is 0 Å². The summed E-state index contributed by atoms with van der Waals surface area (Å²) in [7, 11) is 0. The zero-order chi connectivity index (χ0) is 12.5. The molecule has 0 unspecified atom stereocenters. The number of rotatable bonds is 3. The van der Waals surface area contributed by atoms with Gasteiger partial charge in [0.15, 0.2) is 5.92 Å². The van der Waals surface area contributed by atoms with E-state index in [1.54, 1.807) is 0 Å². The molecule has 0 spiro atoms. The molecule has 1 saturated heterocycles. The average Bonchev–Trinajstić information content (AvgIpc) is 2.09. The summed E-state index contributed by atoms with van der Waals surface area (Å²) in [5.74, 6) is -2.93. The number of carbonyl (C=O) groups is 2. The van der Waals surface area contributed by atoms with Gasteiger partial charge in [0, 0.05) is 19.9 Å². The molecule has 1 aliphatic rings. The summed E-state index contributed by atoms with van der Waals surface area (Å²) in [4.78, 5) is 23.2. The van der Waals surface area contributed by atoms with Crippen LogP contribution < -0.4 is 5.73 Å². The molecule has 5 heteroatoms. The first-order chi connectivity index (χ1) is 7.23. The second-order valence-corrected chi connectivity index (χ2v) is 4.94. The van der Waals surface area contributed by atoms with E-state index >= 15 is 0 Å². The van der Waals surface area contributed by atoms with Gasteiger partial charge < -0.3 is 15.2 Å². The van der Waals surface area contributed by atoms with E-state index in [0.717, 1.165) is 0 Å². The normalized spacial score (nSPS) is 22.9. The van der Waals surface area contributed by atoms with Crippen molar-refractivity contribution < 1.29 is 19.1 Å². The lowest BCUT2D eigenvalue weighted by Gasteiger charge is -2.34. The molecule has 2 N–H and O–H groups in total. The minimum Gasteiger partial charge on any atom is -0.422 e. The van der Waals surface area contributed by atoms with Crippen LogP contribution in [0.1, 0.15) is 34.1 Å². The largest absolute Gasteiger partial charge is 0.422 e. The van der Waals surface area contributed by atoms with Gasteiger partial charge in [0.25, 0.3) is 5.79 Å². The molecule has 0 aromatic carbocycles. The molecule has 0 aliphatic carbocycles. The zero-order valence-electron chi connectivity index (χ0n) is 10.1. The van der Waals surface area contributed by atoms with Crippen molar-refractivity contribution in [2.24, 2.45) is 17.6 Å². The molecule has 1 rings (SSSR count). The van der Waals surface area contributed by atoms with Gasteiger partial charge in [0.1, 0.15) is 0 Å². The highest BCUT2D eigenvalue weighted by Crippen LogP contribution is 2.26. The van der Waals surface area contributed by atoms with E-state index in [0.29, 0.717) is 0 Å². The van der Waals surface area contributed by atoms with E-state index in [1.165, 1.54) is 13.8 Å². The van der Waals surface area contributed by atoms with Gasteiger partial charge in [-0.2, -0.15) is 0 Å². The van der Waals surface area contributed by atoms with Crippen molar-refractivity contribution in [2.45, 2.75) is 45.9 Å². The molecule has 0 radical (unpaired) electrons. The molecule has 0 bridgehead atoms. The molecule has 16 heavy (non-hydrogen) atoms. The van der Waals surface area contributed by atoms with Crippen LogP contribution in [0.3, 0.4) is 0 Å². The van der Waals surface area contributed by atoms with E-state index in [9.17, 15) is 9.59 Å². The minimum atomic E-state index is -1.16. The molecule has 1 fully saturated rings. The molecule has 92 valence electrons. The van der Waals surface area contributed by atoms with E-state index in [-0.39, 0.29) is 18.4 Å². The fourth-order valence-electron chi connectivity index (χ4n) is 1.48. The first kappa shape index (κ1) is 13.0. The summed E-state index contributed by atoms with van der Waals surface area (Å²) in [5, 5.41) is 0. The van der Waals surface area contributed by atoms with Gasteiger partial charge in [-0.1, -0.05) is 13.8 Å². The first-order valence-electron chi connectivity index (χ1n) is 5.44. The zero-order valence-corrected chi connectivity index (χ0v) is 10.1. The second kappa shape index (κ2) is 4.41.